The molecular weight excluding hydrogens is 334 g/mol. The Kier molecular flexibility index (Phi) is 5.50. The van der Waals surface area contributed by atoms with Gasteiger partial charge in [0.05, 0.1) is 5.69 Å². The zero-order valence-corrected chi connectivity index (χ0v) is 14.1. The fourth-order valence-electron chi connectivity index (χ4n) is 2.19. The van der Waals surface area contributed by atoms with Gasteiger partial charge in [-0.05, 0) is 58.6 Å². The van der Waals surface area contributed by atoms with Crippen molar-refractivity contribution in [3.05, 3.63) is 63.1 Å². The number of halogens is 2. The molecule has 2 aromatic carbocycles. The van der Waals surface area contributed by atoms with Crippen LogP contribution in [-0.2, 0) is 6.42 Å². The third kappa shape index (κ3) is 4.00. The van der Waals surface area contributed by atoms with Crippen molar-refractivity contribution >= 4 is 33.2 Å². The van der Waals surface area contributed by atoms with E-state index in [1.54, 1.807) is 0 Å². The van der Waals surface area contributed by atoms with Gasteiger partial charge in [-0.15, -0.1) is 0 Å². The Morgan fingerprint density at radius 1 is 1.15 bits per heavy atom. The lowest BCUT2D eigenvalue weighted by atomic mass is 10.0. The first-order chi connectivity index (χ1) is 9.60. The van der Waals surface area contributed by atoms with E-state index >= 15 is 0 Å². The van der Waals surface area contributed by atoms with E-state index in [2.05, 4.69) is 59.4 Å². The van der Waals surface area contributed by atoms with Gasteiger partial charge in [0.1, 0.15) is 0 Å². The molecule has 1 unspecified atom stereocenters. The predicted molar refractivity (Wildman–Crippen MR) is 91.6 cm³/mol. The molecule has 0 aromatic heterocycles. The maximum absolute atomic E-state index is 6.04. The fourth-order valence-corrected chi connectivity index (χ4v) is 2.72. The van der Waals surface area contributed by atoms with Crippen molar-refractivity contribution in [3.63, 3.8) is 0 Å². The number of hydrogen-bond donors (Lipinski definition) is 1. The Hall–Kier alpha value is -0.990. The maximum atomic E-state index is 6.04. The van der Waals surface area contributed by atoms with Crippen molar-refractivity contribution in [1.82, 2.24) is 0 Å². The molecule has 2 rings (SSSR count). The summed E-state index contributed by atoms with van der Waals surface area (Å²) >= 11 is 9.58. The summed E-state index contributed by atoms with van der Waals surface area (Å²) in [6.45, 7) is 4.36. The van der Waals surface area contributed by atoms with Crippen LogP contribution in [0.5, 0.6) is 0 Å². The molecule has 0 heterocycles. The highest BCUT2D eigenvalue weighted by molar-refractivity contribution is 9.10. The highest BCUT2D eigenvalue weighted by Crippen LogP contribution is 2.29. The highest BCUT2D eigenvalue weighted by atomic mass is 79.9. The van der Waals surface area contributed by atoms with E-state index < -0.39 is 0 Å². The summed E-state index contributed by atoms with van der Waals surface area (Å²) in [4.78, 5) is 0. The van der Waals surface area contributed by atoms with Gasteiger partial charge in [0.25, 0.3) is 0 Å². The minimum atomic E-state index is 0.237. The molecule has 0 saturated heterocycles. The lowest BCUT2D eigenvalue weighted by molar-refractivity contribution is 0.875. The van der Waals surface area contributed by atoms with Crippen LogP contribution < -0.4 is 5.32 Å². The summed E-state index contributed by atoms with van der Waals surface area (Å²) in [5.74, 6) is 0. The van der Waals surface area contributed by atoms with E-state index in [4.69, 9.17) is 11.6 Å². The van der Waals surface area contributed by atoms with E-state index in [-0.39, 0.29) is 6.04 Å². The zero-order valence-electron chi connectivity index (χ0n) is 11.8. The molecule has 0 aliphatic carbocycles. The van der Waals surface area contributed by atoms with E-state index in [1.165, 1.54) is 17.5 Å². The molecule has 0 aliphatic rings. The molecule has 0 amide bonds. The molecule has 1 atom stereocenters. The second-order valence-corrected chi connectivity index (χ2v) is 6.27. The number of aryl methyl sites for hydroxylation is 1. The molecule has 0 fully saturated rings. The molecule has 0 aliphatic heterocycles. The SMILES string of the molecule is CCCc1ccc(C(C)Nc2cc(Cl)ccc2Br)cc1. The number of rotatable bonds is 5. The molecule has 3 heteroatoms. The topological polar surface area (TPSA) is 12.0 Å². The fraction of sp³-hybridized carbons (Fsp3) is 0.294. The lowest BCUT2D eigenvalue weighted by Gasteiger charge is -2.17. The number of nitrogens with one attached hydrogen (secondary N) is 1. The van der Waals surface area contributed by atoms with Crippen molar-refractivity contribution in [3.8, 4) is 0 Å². The predicted octanol–water partition coefficient (Wildman–Crippen LogP) is 6.23. The van der Waals surface area contributed by atoms with Crippen LogP contribution in [0.2, 0.25) is 5.02 Å². The van der Waals surface area contributed by atoms with Gasteiger partial charge in [-0.1, -0.05) is 49.2 Å². The molecule has 0 radical (unpaired) electrons. The smallest absolute Gasteiger partial charge is 0.0504 e. The summed E-state index contributed by atoms with van der Waals surface area (Å²) in [6, 6.07) is 14.8. The van der Waals surface area contributed by atoms with Crippen LogP contribution in [0.15, 0.2) is 46.9 Å². The zero-order chi connectivity index (χ0) is 14.5. The van der Waals surface area contributed by atoms with Gasteiger partial charge in [-0.25, -0.2) is 0 Å². The molecule has 0 bridgehead atoms. The van der Waals surface area contributed by atoms with Crippen molar-refractivity contribution in [2.75, 3.05) is 5.32 Å². The Labute approximate surface area is 134 Å². The van der Waals surface area contributed by atoms with Gasteiger partial charge < -0.3 is 5.32 Å². The monoisotopic (exact) mass is 351 g/mol. The molecule has 20 heavy (non-hydrogen) atoms. The van der Waals surface area contributed by atoms with Gasteiger partial charge in [0.15, 0.2) is 0 Å². The van der Waals surface area contributed by atoms with E-state index in [0.29, 0.717) is 0 Å². The Bertz CT molecular complexity index is 566. The summed E-state index contributed by atoms with van der Waals surface area (Å²) in [6.07, 6.45) is 2.32. The Morgan fingerprint density at radius 2 is 1.85 bits per heavy atom. The van der Waals surface area contributed by atoms with Crippen molar-refractivity contribution in [2.45, 2.75) is 32.7 Å². The first-order valence-corrected chi connectivity index (χ1v) is 8.07. The van der Waals surface area contributed by atoms with Gasteiger partial charge >= 0.3 is 0 Å². The van der Waals surface area contributed by atoms with Crippen molar-refractivity contribution in [2.24, 2.45) is 0 Å². The van der Waals surface area contributed by atoms with Crippen LogP contribution in [0.3, 0.4) is 0 Å². The van der Waals surface area contributed by atoms with E-state index in [1.807, 2.05) is 18.2 Å². The standard InChI is InChI=1S/C17H19BrClN/c1-3-4-13-5-7-14(8-6-13)12(2)20-17-11-15(19)9-10-16(17)18/h5-12,20H,3-4H2,1-2H3. The van der Waals surface area contributed by atoms with Crippen LogP contribution in [-0.4, -0.2) is 0 Å². The first kappa shape index (κ1) is 15.4. The van der Waals surface area contributed by atoms with Crippen molar-refractivity contribution in [1.29, 1.82) is 0 Å². The number of hydrogen-bond acceptors (Lipinski definition) is 1. The van der Waals surface area contributed by atoms with Crippen LogP contribution >= 0.6 is 27.5 Å². The molecule has 1 nitrogen and oxygen atoms in total. The lowest BCUT2D eigenvalue weighted by Crippen LogP contribution is -2.07. The Balaban J connectivity index is 2.11. The quantitative estimate of drug-likeness (QED) is 0.672. The van der Waals surface area contributed by atoms with Gasteiger partial charge in [0, 0.05) is 15.5 Å². The highest BCUT2D eigenvalue weighted by Gasteiger charge is 2.08. The van der Waals surface area contributed by atoms with Gasteiger partial charge in [0.2, 0.25) is 0 Å². The molecule has 0 spiro atoms. The van der Waals surface area contributed by atoms with Gasteiger partial charge in [-0.2, -0.15) is 0 Å². The molecular formula is C17H19BrClN. The number of anilines is 1. The number of benzene rings is 2. The van der Waals surface area contributed by atoms with E-state index in [9.17, 15) is 0 Å². The van der Waals surface area contributed by atoms with Crippen LogP contribution in [0.1, 0.15) is 37.4 Å². The van der Waals surface area contributed by atoms with Crippen LogP contribution in [0.4, 0.5) is 5.69 Å². The average molecular weight is 353 g/mol. The molecule has 0 saturated carbocycles. The second-order valence-electron chi connectivity index (χ2n) is 4.98. The average Bonchev–Trinajstić information content (AvgIpc) is 2.44. The summed E-state index contributed by atoms with van der Waals surface area (Å²) in [5, 5.41) is 4.22. The van der Waals surface area contributed by atoms with E-state index in [0.717, 1.165) is 21.6 Å². The normalized spacial score (nSPS) is 12.2. The van der Waals surface area contributed by atoms with Crippen LogP contribution in [0, 0.1) is 0 Å². The largest absolute Gasteiger partial charge is 0.378 e. The van der Waals surface area contributed by atoms with Gasteiger partial charge in [-0.3, -0.25) is 0 Å². The molecule has 1 N–H and O–H groups in total. The summed E-state index contributed by atoms with van der Waals surface area (Å²) in [5.41, 5.74) is 3.69. The third-order valence-corrected chi connectivity index (χ3v) is 4.25. The van der Waals surface area contributed by atoms with Crippen LogP contribution in [0.25, 0.3) is 0 Å². The minimum absolute atomic E-state index is 0.237. The second kappa shape index (κ2) is 7.14. The molecule has 106 valence electrons. The minimum Gasteiger partial charge on any atom is -0.378 e. The maximum Gasteiger partial charge on any atom is 0.0504 e. The first-order valence-electron chi connectivity index (χ1n) is 6.90. The third-order valence-electron chi connectivity index (χ3n) is 3.32. The summed E-state index contributed by atoms with van der Waals surface area (Å²) < 4.78 is 1.02. The Morgan fingerprint density at radius 3 is 2.50 bits per heavy atom. The van der Waals surface area contributed by atoms with Crippen molar-refractivity contribution < 1.29 is 0 Å². The summed E-state index contributed by atoms with van der Waals surface area (Å²) in [7, 11) is 0. The molecule has 2 aromatic rings.